The maximum Gasteiger partial charge on any atom is 0.0672 e. The lowest BCUT2D eigenvalue weighted by atomic mass is 9.85. The van der Waals surface area contributed by atoms with Gasteiger partial charge in [0.2, 0.25) is 0 Å². The number of aromatic nitrogens is 2. The molecule has 0 aliphatic heterocycles. The largest absolute Gasteiger partial charge is 0.308 e. The molecule has 0 saturated heterocycles. The van der Waals surface area contributed by atoms with E-state index in [-0.39, 0.29) is 5.92 Å². The molecule has 1 aromatic rings. The Bertz CT molecular complexity index is 416. The Morgan fingerprint density at radius 2 is 2.29 bits per heavy atom. The number of rotatable bonds is 3. The first-order valence-electron chi connectivity index (χ1n) is 6.33. The third-order valence-corrected chi connectivity index (χ3v) is 3.60. The van der Waals surface area contributed by atoms with Gasteiger partial charge < -0.3 is 5.32 Å². The monoisotopic (exact) mass is 232 g/mol. The molecule has 0 bridgehead atoms. The lowest BCUT2D eigenvalue weighted by molar-refractivity contribution is 0.311. The molecule has 92 valence electrons. The summed E-state index contributed by atoms with van der Waals surface area (Å²) >= 11 is 0. The summed E-state index contributed by atoms with van der Waals surface area (Å²) in [4.78, 5) is 0. The number of nitrogens with one attached hydrogen (secondary N) is 1. The zero-order valence-electron chi connectivity index (χ0n) is 10.6. The van der Waals surface area contributed by atoms with Gasteiger partial charge in [-0.05, 0) is 19.8 Å². The second-order valence-corrected chi connectivity index (χ2v) is 4.92. The molecule has 17 heavy (non-hydrogen) atoms. The van der Waals surface area contributed by atoms with Gasteiger partial charge >= 0.3 is 0 Å². The molecule has 2 atom stereocenters. The van der Waals surface area contributed by atoms with Crippen molar-refractivity contribution in [3.05, 3.63) is 17.5 Å². The molecule has 2 rings (SSSR count). The van der Waals surface area contributed by atoms with Crippen molar-refractivity contribution in [3.8, 4) is 6.07 Å². The van der Waals surface area contributed by atoms with Gasteiger partial charge in [0.15, 0.2) is 0 Å². The molecule has 4 heteroatoms. The summed E-state index contributed by atoms with van der Waals surface area (Å²) in [5, 5.41) is 17.0. The molecule has 1 heterocycles. The van der Waals surface area contributed by atoms with Gasteiger partial charge in [-0.15, -0.1) is 0 Å². The molecule has 2 unspecified atom stereocenters. The van der Waals surface area contributed by atoms with Crippen LogP contribution in [0, 0.1) is 24.2 Å². The fraction of sp³-hybridized carbons (Fsp3) is 0.692. The third-order valence-electron chi connectivity index (χ3n) is 3.60. The third kappa shape index (κ3) is 2.86. The first-order valence-corrected chi connectivity index (χ1v) is 6.33. The molecule has 1 N–H and O–H groups in total. The minimum absolute atomic E-state index is 0.181. The van der Waals surface area contributed by atoms with E-state index in [9.17, 15) is 0 Å². The number of aryl methyl sites for hydroxylation is 2. The van der Waals surface area contributed by atoms with Crippen LogP contribution < -0.4 is 5.32 Å². The SMILES string of the molecule is Cc1nn(C)cc1CNC1CCCCC1C#N. The van der Waals surface area contributed by atoms with Gasteiger partial charge in [0, 0.05) is 31.4 Å². The second-order valence-electron chi connectivity index (χ2n) is 4.92. The Labute approximate surface area is 103 Å². The minimum Gasteiger partial charge on any atom is -0.308 e. The van der Waals surface area contributed by atoms with E-state index in [1.807, 2.05) is 24.9 Å². The van der Waals surface area contributed by atoms with Crippen molar-refractivity contribution in [3.63, 3.8) is 0 Å². The van der Waals surface area contributed by atoms with Gasteiger partial charge in [-0.1, -0.05) is 12.8 Å². The molecule has 1 aromatic heterocycles. The number of nitrogens with zero attached hydrogens (tertiary/aromatic N) is 3. The zero-order chi connectivity index (χ0) is 12.3. The first kappa shape index (κ1) is 12.1. The van der Waals surface area contributed by atoms with E-state index in [1.54, 1.807) is 0 Å². The Morgan fingerprint density at radius 3 is 2.94 bits per heavy atom. The van der Waals surface area contributed by atoms with Crippen molar-refractivity contribution in [2.75, 3.05) is 0 Å². The summed E-state index contributed by atoms with van der Waals surface area (Å²) in [6, 6.07) is 2.78. The molecule has 0 radical (unpaired) electrons. The Kier molecular flexibility index (Phi) is 3.80. The van der Waals surface area contributed by atoms with Crippen molar-refractivity contribution in [1.82, 2.24) is 15.1 Å². The van der Waals surface area contributed by atoms with Crippen LogP contribution in [0.25, 0.3) is 0 Å². The molecule has 1 aliphatic rings. The van der Waals surface area contributed by atoms with Crippen LogP contribution in [0.15, 0.2) is 6.20 Å². The van der Waals surface area contributed by atoms with E-state index in [0.29, 0.717) is 6.04 Å². The van der Waals surface area contributed by atoms with E-state index in [0.717, 1.165) is 25.1 Å². The van der Waals surface area contributed by atoms with Crippen molar-refractivity contribution in [2.24, 2.45) is 13.0 Å². The number of nitriles is 1. The topological polar surface area (TPSA) is 53.6 Å². The highest BCUT2D eigenvalue weighted by molar-refractivity contribution is 5.15. The quantitative estimate of drug-likeness (QED) is 0.866. The van der Waals surface area contributed by atoms with Crippen molar-refractivity contribution < 1.29 is 0 Å². The van der Waals surface area contributed by atoms with Crippen LogP contribution >= 0.6 is 0 Å². The lowest BCUT2D eigenvalue weighted by Gasteiger charge is -2.27. The summed E-state index contributed by atoms with van der Waals surface area (Å²) in [7, 11) is 1.94. The lowest BCUT2D eigenvalue weighted by Crippen LogP contribution is -2.37. The van der Waals surface area contributed by atoms with Crippen LogP contribution in [-0.2, 0) is 13.6 Å². The van der Waals surface area contributed by atoms with E-state index in [4.69, 9.17) is 5.26 Å². The average Bonchev–Trinajstić information content (AvgIpc) is 2.65. The van der Waals surface area contributed by atoms with Crippen molar-refractivity contribution in [2.45, 2.75) is 45.2 Å². The predicted molar refractivity (Wildman–Crippen MR) is 66.1 cm³/mol. The molecule has 0 amide bonds. The molecule has 1 saturated carbocycles. The normalized spacial score (nSPS) is 24.5. The summed E-state index contributed by atoms with van der Waals surface area (Å²) in [6.07, 6.45) is 6.65. The van der Waals surface area contributed by atoms with Crippen molar-refractivity contribution >= 4 is 0 Å². The highest BCUT2D eigenvalue weighted by atomic mass is 15.2. The minimum atomic E-state index is 0.181. The van der Waals surface area contributed by atoms with Crippen LogP contribution in [0.2, 0.25) is 0 Å². The molecular formula is C13H20N4. The van der Waals surface area contributed by atoms with Crippen LogP contribution in [0.1, 0.15) is 36.9 Å². The zero-order valence-corrected chi connectivity index (χ0v) is 10.6. The molecule has 1 fully saturated rings. The first-order chi connectivity index (χ1) is 8.20. The summed E-state index contributed by atoms with van der Waals surface area (Å²) < 4.78 is 1.84. The summed E-state index contributed by atoms with van der Waals surface area (Å²) in [5.74, 6) is 0.181. The Hall–Kier alpha value is -1.34. The maximum absolute atomic E-state index is 9.11. The van der Waals surface area contributed by atoms with E-state index in [1.165, 1.54) is 18.4 Å². The highest BCUT2D eigenvalue weighted by Crippen LogP contribution is 2.24. The van der Waals surface area contributed by atoms with Gasteiger partial charge in [0.25, 0.3) is 0 Å². The average molecular weight is 232 g/mol. The second kappa shape index (κ2) is 5.33. The molecule has 1 aliphatic carbocycles. The molecule has 0 spiro atoms. The standard InChI is InChI=1S/C13H20N4/c1-10-12(9-17(2)16-10)8-15-13-6-4-3-5-11(13)7-14/h9,11,13,15H,3-6,8H2,1-2H3. The Morgan fingerprint density at radius 1 is 1.53 bits per heavy atom. The number of hydrogen-bond acceptors (Lipinski definition) is 3. The van der Waals surface area contributed by atoms with Crippen LogP contribution in [-0.4, -0.2) is 15.8 Å². The van der Waals surface area contributed by atoms with Crippen LogP contribution in [0.4, 0.5) is 0 Å². The van der Waals surface area contributed by atoms with Gasteiger partial charge in [-0.25, -0.2) is 0 Å². The van der Waals surface area contributed by atoms with Gasteiger partial charge in [0.05, 0.1) is 17.7 Å². The maximum atomic E-state index is 9.11. The Balaban J connectivity index is 1.93. The van der Waals surface area contributed by atoms with Crippen molar-refractivity contribution in [1.29, 1.82) is 5.26 Å². The summed E-state index contributed by atoms with van der Waals surface area (Å²) in [5.41, 5.74) is 2.30. The summed E-state index contributed by atoms with van der Waals surface area (Å²) in [6.45, 7) is 2.85. The van der Waals surface area contributed by atoms with Gasteiger partial charge in [-0.3, -0.25) is 4.68 Å². The number of hydrogen-bond donors (Lipinski definition) is 1. The smallest absolute Gasteiger partial charge is 0.0672 e. The van der Waals surface area contributed by atoms with Gasteiger partial charge in [-0.2, -0.15) is 10.4 Å². The molecular weight excluding hydrogens is 212 g/mol. The van der Waals surface area contributed by atoms with Crippen LogP contribution in [0.3, 0.4) is 0 Å². The predicted octanol–water partition coefficient (Wildman–Crippen LogP) is 1.90. The fourth-order valence-corrected chi connectivity index (χ4v) is 2.59. The highest BCUT2D eigenvalue weighted by Gasteiger charge is 2.24. The van der Waals surface area contributed by atoms with E-state index < -0.39 is 0 Å². The fourth-order valence-electron chi connectivity index (χ4n) is 2.59. The van der Waals surface area contributed by atoms with E-state index >= 15 is 0 Å². The van der Waals surface area contributed by atoms with E-state index in [2.05, 4.69) is 16.5 Å². The van der Waals surface area contributed by atoms with Crippen LogP contribution in [0.5, 0.6) is 0 Å². The molecule has 4 nitrogen and oxygen atoms in total. The molecule has 0 aromatic carbocycles. The van der Waals surface area contributed by atoms with Gasteiger partial charge in [0.1, 0.15) is 0 Å².